The van der Waals surface area contributed by atoms with Gasteiger partial charge in [-0.15, -0.1) is 11.8 Å². The molecule has 144 valence electrons. The van der Waals surface area contributed by atoms with Gasteiger partial charge in [0.1, 0.15) is 0 Å². The summed E-state index contributed by atoms with van der Waals surface area (Å²) in [5.74, 6) is 0.581. The van der Waals surface area contributed by atoms with E-state index in [0.717, 1.165) is 35.7 Å². The van der Waals surface area contributed by atoms with Crippen LogP contribution in [0.3, 0.4) is 0 Å². The number of morpholine rings is 1. The van der Waals surface area contributed by atoms with Crippen LogP contribution in [0.25, 0.3) is 0 Å². The maximum absolute atomic E-state index is 12.6. The number of rotatable bonds is 6. The molecule has 1 aliphatic heterocycles. The molecule has 0 aliphatic carbocycles. The Morgan fingerprint density at radius 3 is 2.70 bits per heavy atom. The summed E-state index contributed by atoms with van der Waals surface area (Å²) in [5, 5.41) is 0. The van der Waals surface area contributed by atoms with Crippen LogP contribution in [-0.2, 0) is 16.1 Å². The van der Waals surface area contributed by atoms with Crippen molar-refractivity contribution in [3.63, 3.8) is 0 Å². The molecule has 1 amide bonds. The maximum atomic E-state index is 12.6. The van der Waals surface area contributed by atoms with E-state index in [1.54, 1.807) is 11.8 Å². The van der Waals surface area contributed by atoms with Gasteiger partial charge in [0.2, 0.25) is 5.91 Å². The van der Waals surface area contributed by atoms with Crippen LogP contribution in [0, 0.1) is 6.92 Å². The fraction of sp³-hybridized carbons (Fsp3) is 0.381. The lowest BCUT2D eigenvalue weighted by Gasteiger charge is -2.31. The summed E-state index contributed by atoms with van der Waals surface area (Å²) in [7, 11) is 1.88. The summed E-state index contributed by atoms with van der Waals surface area (Å²) in [6.07, 6.45) is 0. The van der Waals surface area contributed by atoms with E-state index < -0.39 is 0 Å². The highest BCUT2D eigenvalue weighted by atomic mass is 79.9. The molecule has 4 nitrogen and oxygen atoms in total. The highest BCUT2D eigenvalue weighted by Crippen LogP contribution is 2.26. The molecule has 1 fully saturated rings. The van der Waals surface area contributed by atoms with Gasteiger partial charge in [-0.1, -0.05) is 34.1 Å². The van der Waals surface area contributed by atoms with Crippen LogP contribution in [0.5, 0.6) is 0 Å². The molecule has 0 bridgehead atoms. The maximum Gasteiger partial charge on any atom is 0.232 e. The lowest BCUT2D eigenvalue weighted by molar-refractivity contribution is -0.127. The fourth-order valence-electron chi connectivity index (χ4n) is 3.13. The Morgan fingerprint density at radius 2 is 1.96 bits per heavy atom. The normalized spacial score (nSPS) is 14.3. The highest BCUT2D eigenvalue weighted by Gasteiger charge is 2.17. The van der Waals surface area contributed by atoms with Gasteiger partial charge in [-0.2, -0.15) is 0 Å². The first-order chi connectivity index (χ1) is 13.0. The SMILES string of the molecule is Cc1cc(Br)ccc1SCC(=O)N(C)Cc1ccccc1N1CCOCC1. The topological polar surface area (TPSA) is 32.8 Å². The minimum atomic E-state index is 0.138. The van der Waals surface area contributed by atoms with E-state index in [9.17, 15) is 4.79 Å². The number of anilines is 1. The Hall–Kier alpha value is -1.50. The third-order valence-corrected chi connectivity index (χ3v) is 6.32. The molecular weight excluding hydrogens is 424 g/mol. The first-order valence-electron chi connectivity index (χ1n) is 9.08. The van der Waals surface area contributed by atoms with Crippen molar-refractivity contribution in [2.75, 3.05) is 44.0 Å². The van der Waals surface area contributed by atoms with Gasteiger partial charge in [0.05, 0.1) is 19.0 Å². The predicted octanol–water partition coefficient (Wildman–Crippen LogP) is 4.34. The second-order valence-electron chi connectivity index (χ2n) is 6.68. The molecule has 2 aromatic rings. The van der Waals surface area contributed by atoms with Gasteiger partial charge in [0.15, 0.2) is 0 Å². The Labute approximate surface area is 174 Å². The number of amides is 1. The average Bonchev–Trinajstić information content (AvgIpc) is 2.68. The Kier molecular flexibility index (Phi) is 7.21. The van der Waals surface area contributed by atoms with Gasteiger partial charge in [-0.25, -0.2) is 0 Å². The minimum absolute atomic E-state index is 0.138. The molecule has 1 aliphatic rings. The molecule has 0 unspecified atom stereocenters. The van der Waals surface area contributed by atoms with E-state index >= 15 is 0 Å². The molecule has 3 rings (SSSR count). The summed E-state index contributed by atoms with van der Waals surface area (Å²) >= 11 is 5.08. The van der Waals surface area contributed by atoms with Crippen LogP contribution in [-0.4, -0.2) is 49.9 Å². The number of aryl methyl sites for hydroxylation is 1. The van der Waals surface area contributed by atoms with Crippen LogP contribution in [0.2, 0.25) is 0 Å². The van der Waals surface area contributed by atoms with E-state index in [1.165, 1.54) is 16.8 Å². The van der Waals surface area contributed by atoms with Gasteiger partial charge in [0.25, 0.3) is 0 Å². The Morgan fingerprint density at radius 1 is 1.22 bits per heavy atom. The van der Waals surface area contributed by atoms with Gasteiger partial charge >= 0.3 is 0 Å². The molecule has 1 heterocycles. The number of hydrogen-bond donors (Lipinski definition) is 0. The first-order valence-corrected chi connectivity index (χ1v) is 10.9. The second kappa shape index (κ2) is 9.62. The Bertz CT molecular complexity index is 794. The van der Waals surface area contributed by atoms with Crippen molar-refractivity contribution in [3.8, 4) is 0 Å². The summed E-state index contributed by atoms with van der Waals surface area (Å²) in [6, 6.07) is 14.5. The average molecular weight is 449 g/mol. The van der Waals surface area contributed by atoms with Gasteiger partial charge in [0, 0.05) is 41.7 Å². The van der Waals surface area contributed by atoms with E-state index in [0.29, 0.717) is 12.3 Å². The molecular formula is C21H25BrN2O2S. The lowest BCUT2D eigenvalue weighted by atomic mass is 10.1. The van der Waals surface area contributed by atoms with Crippen molar-refractivity contribution in [2.24, 2.45) is 0 Å². The number of hydrogen-bond acceptors (Lipinski definition) is 4. The molecule has 0 atom stereocenters. The zero-order valence-corrected chi connectivity index (χ0v) is 18.2. The highest BCUT2D eigenvalue weighted by molar-refractivity contribution is 9.10. The molecule has 27 heavy (non-hydrogen) atoms. The predicted molar refractivity (Wildman–Crippen MR) is 116 cm³/mol. The summed E-state index contributed by atoms with van der Waals surface area (Å²) < 4.78 is 6.52. The number of ether oxygens (including phenoxy) is 1. The largest absolute Gasteiger partial charge is 0.378 e. The number of carbonyl (C=O) groups excluding carboxylic acids is 1. The van der Waals surface area contributed by atoms with Gasteiger partial charge in [-0.05, 0) is 42.3 Å². The third-order valence-electron chi connectivity index (χ3n) is 4.66. The van der Waals surface area contributed by atoms with Crippen LogP contribution < -0.4 is 4.90 Å². The summed E-state index contributed by atoms with van der Waals surface area (Å²) in [4.78, 5) is 18.0. The standard InChI is InChI=1S/C21H25BrN2O2S/c1-16-13-18(22)7-8-20(16)27-15-21(25)23(2)14-17-5-3-4-6-19(17)24-9-11-26-12-10-24/h3-8,13H,9-12,14-15H2,1-2H3. The van der Waals surface area contributed by atoms with Crippen molar-refractivity contribution < 1.29 is 9.53 Å². The monoisotopic (exact) mass is 448 g/mol. The number of thioether (sulfide) groups is 1. The molecule has 0 N–H and O–H groups in total. The van der Waals surface area contributed by atoms with E-state index in [1.807, 2.05) is 24.1 Å². The summed E-state index contributed by atoms with van der Waals surface area (Å²) in [6.45, 7) is 5.99. The van der Waals surface area contributed by atoms with Crippen LogP contribution in [0.15, 0.2) is 51.8 Å². The zero-order valence-electron chi connectivity index (χ0n) is 15.8. The number of para-hydroxylation sites is 1. The molecule has 2 aromatic carbocycles. The fourth-order valence-corrected chi connectivity index (χ4v) is 4.55. The van der Waals surface area contributed by atoms with Gasteiger partial charge < -0.3 is 14.5 Å². The smallest absolute Gasteiger partial charge is 0.232 e. The van der Waals surface area contributed by atoms with E-state index in [2.05, 4.69) is 58.1 Å². The summed E-state index contributed by atoms with van der Waals surface area (Å²) in [5.41, 5.74) is 3.57. The van der Waals surface area contributed by atoms with Crippen molar-refractivity contribution in [2.45, 2.75) is 18.4 Å². The second-order valence-corrected chi connectivity index (χ2v) is 8.61. The van der Waals surface area contributed by atoms with Crippen LogP contribution in [0.4, 0.5) is 5.69 Å². The van der Waals surface area contributed by atoms with Crippen LogP contribution >= 0.6 is 27.7 Å². The molecule has 1 saturated heterocycles. The minimum Gasteiger partial charge on any atom is -0.378 e. The number of carbonyl (C=O) groups is 1. The molecule has 0 radical (unpaired) electrons. The van der Waals surface area contributed by atoms with Crippen molar-refractivity contribution in [3.05, 3.63) is 58.1 Å². The van der Waals surface area contributed by atoms with E-state index in [-0.39, 0.29) is 5.91 Å². The van der Waals surface area contributed by atoms with Crippen molar-refractivity contribution in [1.82, 2.24) is 4.90 Å². The molecule has 0 saturated carbocycles. The molecule has 0 spiro atoms. The molecule has 0 aromatic heterocycles. The van der Waals surface area contributed by atoms with Crippen molar-refractivity contribution >= 4 is 39.3 Å². The molecule has 6 heteroatoms. The first kappa shape index (κ1) is 20.2. The number of benzene rings is 2. The number of halogens is 1. The number of nitrogens with zero attached hydrogens (tertiary/aromatic N) is 2. The lowest BCUT2D eigenvalue weighted by Crippen LogP contribution is -2.37. The zero-order chi connectivity index (χ0) is 19.2. The van der Waals surface area contributed by atoms with Crippen LogP contribution in [0.1, 0.15) is 11.1 Å². The van der Waals surface area contributed by atoms with Crippen molar-refractivity contribution in [1.29, 1.82) is 0 Å². The quantitative estimate of drug-likeness (QED) is 0.615. The van der Waals surface area contributed by atoms with E-state index in [4.69, 9.17) is 4.74 Å². The third kappa shape index (κ3) is 5.50. The Balaban J connectivity index is 1.61. The van der Waals surface area contributed by atoms with Gasteiger partial charge in [-0.3, -0.25) is 4.79 Å².